The van der Waals surface area contributed by atoms with Crippen molar-refractivity contribution in [1.29, 1.82) is 0 Å². The molecule has 0 fully saturated rings. The maximum atomic E-state index is 13.4. The number of carbonyl (C=O) groups is 1. The van der Waals surface area contributed by atoms with E-state index in [2.05, 4.69) is 0 Å². The number of benzene rings is 2. The summed E-state index contributed by atoms with van der Waals surface area (Å²) in [4.78, 5) is 11.5. The molecule has 0 atom stereocenters. The van der Waals surface area contributed by atoms with Crippen LogP contribution < -0.4 is 5.73 Å². The first-order valence-corrected chi connectivity index (χ1v) is 9.62. The fourth-order valence-electron chi connectivity index (χ4n) is 3.11. The number of carbonyl (C=O) groups excluding carboxylic acids is 1. The van der Waals surface area contributed by atoms with E-state index in [-0.39, 0.29) is 16.4 Å². The van der Waals surface area contributed by atoms with E-state index in [0.29, 0.717) is 16.6 Å². The van der Waals surface area contributed by atoms with Crippen molar-refractivity contribution in [2.24, 2.45) is 0 Å². The average Bonchev–Trinajstić information content (AvgIpc) is 3.06. The SMILES string of the molecule is Nc1ccc(S(=O)(=O)n2c(C3(O)C=CC(=O)C=C3)cc3ccccc32)cc1. The molecule has 2 aromatic carbocycles. The minimum Gasteiger partial charge on any atom is -0.399 e. The molecule has 0 radical (unpaired) electrons. The molecule has 1 aliphatic carbocycles. The standard InChI is InChI=1S/C20H16N2O4S/c21-15-5-7-17(8-6-15)27(25,26)22-18-4-2-1-3-14(18)13-19(22)20(24)11-9-16(23)10-12-20/h1-13,24H,21H2. The number of nitrogen functional groups attached to an aromatic ring is 1. The van der Waals surface area contributed by atoms with Gasteiger partial charge in [-0.15, -0.1) is 0 Å². The average molecular weight is 380 g/mol. The topological polar surface area (TPSA) is 102 Å². The summed E-state index contributed by atoms with van der Waals surface area (Å²) in [5.41, 5.74) is 4.94. The number of rotatable bonds is 3. The van der Waals surface area contributed by atoms with Crippen LogP contribution in [0.25, 0.3) is 10.9 Å². The molecular formula is C20H16N2O4S. The highest BCUT2D eigenvalue weighted by Gasteiger charge is 2.34. The highest BCUT2D eigenvalue weighted by atomic mass is 32.2. The minimum absolute atomic E-state index is 0.0442. The van der Waals surface area contributed by atoms with E-state index in [1.54, 1.807) is 30.3 Å². The van der Waals surface area contributed by atoms with E-state index in [1.807, 2.05) is 0 Å². The Bertz CT molecular complexity index is 1200. The summed E-state index contributed by atoms with van der Waals surface area (Å²) < 4.78 is 27.9. The van der Waals surface area contributed by atoms with E-state index >= 15 is 0 Å². The first-order valence-electron chi connectivity index (χ1n) is 8.18. The Kier molecular flexibility index (Phi) is 3.80. The molecule has 1 aliphatic rings. The number of para-hydroxylation sites is 1. The van der Waals surface area contributed by atoms with E-state index < -0.39 is 15.6 Å². The van der Waals surface area contributed by atoms with Gasteiger partial charge in [0.05, 0.1) is 16.1 Å². The highest BCUT2D eigenvalue weighted by Crippen LogP contribution is 2.35. The molecule has 0 spiro atoms. The zero-order valence-electron chi connectivity index (χ0n) is 14.1. The number of hydrogen-bond donors (Lipinski definition) is 2. The van der Waals surface area contributed by atoms with E-state index in [4.69, 9.17) is 5.73 Å². The van der Waals surface area contributed by atoms with Crippen LogP contribution in [0.5, 0.6) is 0 Å². The van der Waals surface area contributed by atoms with Crippen LogP contribution >= 0.6 is 0 Å². The molecule has 1 heterocycles. The molecule has 6 nitrogen and oxygen atoms in total. The molecule has 27 heavy (non-hydrogen) atoms. The normalized spacial score (nSPS) is 16.1. The molecule has 1 aromatic heterocycles. The van der Waals surface area contributed by atoms with Gasteiger partial charge in [-0.25, -0.2) is 12.4 Å². The summed E-state index contributed by atoms with van der Waals surface area (Å²) in [5.74, 6) is -0.274. The molecule has 0 amide bonds. The third-order valence-corrected chi connectivity index (χ3v) is 6.24. The van der Waals surface area contributed by atoms with Crippen LogP contribution in [0, 0.1) is 0 Å². The number of allylic oxidation sites excluding steroid dienone is 2. The van der Waals surface area contributed by atoms with E-state index in [0.717, 1.165) is 3.97 Å². The highest BCUT2D eigenvalue weighted by molar-refractivity contribution is 7.90. The number of nitrogens with two attached hydrogens (primary N) is 1. The fourth-order valence-corrected chi connectivity index (χ4v) is 4.69. The molecule has 3 aromatic rings. The van der Waals surface area contributed by atoms with Crippen molar-refractivity contribution in [2.45, 2.75) is 10.5 Å². The van der Waals surface area contributed by atoms with Gasteiger partial charge >= 0.3 is 0 Å². The number of aromatic nitrogens is 1. The lowest BCUT2D eigenvalue weighted by molar-refractivity contribution is -0.110. The second kappa shape index (κ2) is 5.94. The molecule has 136 valence electrons. The third kappa shape index (κ3) is 2.77. The Hall–Kier alpha value is -3.16. The van der Waals surface area contributed by atoms with Crippen LogP contribution in [0.4, 0.5) is 5.69 Å². The molecule has 4 rings (SSSR count). The number of fused-ring (bicyclic) bond motifs is 1. The van der Waals surface area contributed by atoms with Gasteiger partial charge in [-0.2, -0.15) is 0 Å². The van der Waals surface area contributed by atoms with Gasteiger partial charge in [0.1, 0.15) is 5.60 Å². The van der Waals surface area contributed by atoms with Crippen molar-refractivity contribution in [3.8, 4) is 0 Å². The Morgan fingerprint density at radius 2 is 1.59 bits per heavy atom. The molecule has 0 saturated heterocycles. The monoisotopic (exact) mass is 380 g/mol. The molecule has 0 bridgehead atoms. The van der Waals surface area contributed by atoms with Crippen molar-refractivity contribution in [1.82, 2.24) is 3.97 Å². The van der Waals surface area contributed by atoms with Crippen molar-refractivity contribution in [2.75, 3.05) is 5.73 Å². The molecule has 0 unspecified atom stereocenters. The summed E-state index contributed by atoms with van der Waals surface area (Å²) in [5, 5.41) is 11.7. The van der Waals surface area contributed by atoms with Gasteiger partial charge in [-0.3, -0.25) is 4.79 Å². The summed E-state index contributed by atoms with van der Waals surface area (Å²) in [6.45, 7) is 0. The second-order valence-corrected chi connectivity index (χ2v) is 8.11. The van der Waals surface area contributed by atoms with Crippen LogP contribution in [0.3, 0.4) is 0 Å². The largest absolute Gasteiger partial charge is 0.399 e. The van der Waals surface area contributed by atoms with Gasteiger partial charge in [-0.1, -0.05) is 18.2 Å². The lowest BCUT2D eigenvalue weighted by Gasteiger charge is -2.24. The Balaban J connectivity index is 2.02. The quantitative estimate of drug-likeness (QED) is 0.679. The van der Waals surface area contributed by atoms with Crippen LogP contribution in [0.15, 0.2) is 83.8 Å². The maximum Gasteiger partial charge on any atom is 0.268 e. The van der Waals surface area contributed by atoms with Gasteiger partial charge in [0.2, 0.25) is 0 Å². The summed E-state index contributed by atoms with van der Waals surface area (Å²) in [6, 6.07) is 14.4. The van der Waals surface area contributed by atoms with Crippen LogP contribution in [0.1, 0.15) is 5.69 Å². The predicted molar refractivity (Wildman–Crippen MR) is 103 cm³/mol. The maximum absolute atomic E-state index is 13.4. The van der Waals surface area contributed by atoms with Gasteiger partial charge < -0.3 is 10.8 Å². The molecule has 0 aliphatic heterocycles. The van der Waals surface area contributed by atoms with Crippen molar-refractivity contribution < 1.29 is 18.3 Å². The summed E-state index contributed by atoms with van der Waals surface area (Å²) >= 11 is 0. The van der Waals surface area contributed by atoms with E-state index in [9.17, 15) is 18.3 Å². The van der Waals surface area contributed by atoms with Gasteiger partial charge in [0.15, 0.2) is 5.78 Å². The zero-order chi connectivity index (χ0) is 19.2. The summed E-state index contributed by atoms with van der Waals surface area (Å²) in [7, 11) is -4.02. The number of nitrogens with zero attached hydrogens (tertiary/aromatic N) is 1. The van der Waals surface area contributed by atoms with E-state index in [1.165, 1.54) is 48.6 Å². The molecule has 7 heteroatoms. The second-order valence-electron chi connectivity index (χ2n) is 6.32. The smallest absolute Gasteiger partial charge is 0.268 e. The lowest BCUT2D eigenvalue weighted by atomic mass is 9.94. The number of anilines is 1. The molecule has 0 saturated carbocycles. The number of ketones is 1. The van der Waals surface area contributed by atoms with Crippen molar-refractivity contribution in [3.05, 3.63) is 84.6 Å². The predicted octanol–water partition coefficient (Wildman–Crippen LogP) is 2.34. The first kappa shape index (κ1) is 17.3. The Labute approximate surface area is 155 Å². The zero-order valence-corrected chi connectivity index (χ0v) is 14.9. The molecule has 3 N–H and O–H groups in total. The summed E-state index contributed by atoms with van der Waals surface area (Å²) in [6.07, 6.45) is 5.02. The molecular weight excluding hydrogens is 364 g/mol. The first-order chi connectivity index (χ1) is 12.8. The minimum atomic E-state index is -4.02. The van der Waals surface area contributed by atoms with Crippen LogP contribution in [-0.2, 0) is 20.4 Å². The van der Waals surface area contributed by atoms with Crippen LogP contribution in [0.2, 0.25) is 0 Å². The van der Waals surface area contributed by atoms with Crippen LogP contribution in [-0.4, -0.2) is 23.3 Å². The van der Waals surface area contributed by atoms with Crippen molar-refractivity contribution >= 4 is 32.4 Å². The van der Waals surface area contributed by atoms with Crippen molar-refractivity contribution in [3.63, 3.8) is 0 Å². The Morgan fingerprint density at radius 3 is 2.26 bits per heavy atom. The van der Waals surface area contributed by atoms with Gasteiger partial charge in [0, 0.05) is 11.1 Å². The van der Waals surface area contributed by atoms with Gasteiger partial charge in [0.25, 0.3) is 10.0 Å². The Morgan fingerprint density at radius 1 is 0.963 bits per heavy atom. The number of hydrogen-bond acceptors (Lipinski definition) is 5. The lowest BCUT2D eigenvalue weighted by Crippen LogP contribution is -2.29. The van der Waals surface area contributed by atoms with Gasteiger partial charge in [-0.05, 0) is 60.7 Å². The fraction of sp³-hybridized carbons (Fsp3) is 0.0500. The number of aliphatic hydroxyl groups is 1. The third-order valence-electron chi connectivity index (χ3n) is 4.50.